The van der Waals surface area contributed by atoms with Crippen LogP contribution in [-0.4, -0.2) is 20.3 Å². The van der Waals surface area contributed by atoms with E-state index >= 15 is 0 Å². The Balaban J connectivity index is 2.11. The second kappa shape index (κ2) is 3.99. The zero-order chi connectivity index (χ0) is 10.9. The molecule has 0 bridgehead atoms. The Morgan fingerprint density at radius 1 is 1.13 bits per heavy atom. The lowest BCUT2D eigenvalue weighted by molar-refractivity contribution is 0.0342. The molecule has 0 aromatic heterocycles. The van der Waals surface area contributed by atoms with Gasteiger partial charge in [-0.1, -0.05) is 43.7 Å². The van der Waals surface area contributed by atoms with E-state index in [4.69, 9.17) is 9.31 Å². The molecule has 0 radical (unpaired) electrons. The molecule has 0 unspecified atom stereocenters. The van der Waals surface area contributed by atoms with E-state index < -0.39 is 0 Å². The van der Waals surface area contributed by atoms with Crippen LogP contribution in [0.25, 0.3) is 0 Å². The minimum atomic E-state index is -0.181. The van der Waals surface area contributed by atoms with E-state index in [-0.39, 0.29) is 12.5 Å². The second-order valence-corrected chi connectivity index (χ2v) is 4.97. The van der Waals surface area contributed by atoms with Gasteiger partial charge in [-0.15, -0.1) is 0 Å². The smallest absolute Gasteiger partial charge is 0.407 e. The summed E-state index contributed by atoms with van der Waals surface area (Å²) < 4.78 is 11.5. The lowest BCUT2D eigenvalue weighted by Crippen LogP contribution is -2.48. The normalized spacial score (nSPS) is 20.3. The molecule has 0 spiro atoms. The fourth-order valence-corrected chi connectivity index (χ4v) is 1.72. The van der Waals surface area contributed by atoms with Crippen LogP contribution in [0.5, 0.6) is 0 Å². The van der Waals surface area contributed by atoms with Crippen LogP contribution in [0, 0.1) is 12.3 Å². The summed E-state index contributed by atoms with van der Waals surface area (Å²) in [6.45, 7) is 7.90. The van der Waals surface area contributed by atoms with Crippen molar-refractivity contribution in [2.75, 3.05) is 13.2 Å². The first kappa shape index (κ1) is 10.7. The van der Waals surface area contributed by atoms with Crippen LogP contribution in [-0.2, 0) is 9.31 Å². The van der Waals surface area contributed by atoms with Crippen molar-refractivity contribution in [1.29, 1.82) is 0 Å². The zero-order valence-electron chi connectivity index (χ0n) is 9.62. The predicted octanol–water partition coefficient (Wildman–Crippen LogP) is 1.76. The Labute approximate surface area is 91.7 Å². The number of hydrogen-bond donors (Lipinski definition) is 0. The van der Waals surface area contributed by atoms with Crippen molar-refractivity contribution < 1.29 is 9.31 Å². The van der Waals surface area contributed by atoms with E-state index in [1.54, 1.807) is 0 Å². The summed E-state index contributed by atoms with van der Waals surface area (Å²) in [6, 6.07) is 8.21. The van der Waals surface area contributed by atoms with Crippen molar-refractivity contribution in [3.05, 3.63) is 29.8 Å². The van der Waals surface area contributed by atoms with Gasteiger partial charge in [0.15, 0.2) is 0 Å². The molecule has 2 nitrogen and oxygen atoms in total. The van der Waals surface area contributed by atoms with Crippen LogP contribution >= 0.6 is 0 Å². The Hall–Kier alpha value is -0.795. The summed E-state index contributed by atoms with van der Waals surface area (Å²) in [5, 5.41) is 0. The van der Waals surface area contributed by atoms with Gasteiger partial charge in [0, 0.05) is 18.6 Å². The van der Waals surface area contributed by atoms with Crippen LogP contribution < -0.4 is 5.46 Å². The fourth-order valence-electron chi connectivity index (χ4n) is 1.72. The van der Waals surface area contributed by atoms with Gasteiger partial charge in [0.25, 0.3) is 0 Å². The first-order chi connectivity index (χ1) is 7.08. The van der Waals surface area contributed by atoms with E-state index in [9.17, 15) is 0 Å². The van der Waals surface area contributed by atoms with Crippen LogP contribution in [0.3, 0.4) is 0 Å². The maximum Gasteiger partial charge on any atom is 0.494 e. The van der Waals surface area contributed by atoms with E-state index in [0.29, 0.717) is 0 Å². The van der Waals surface area contributed by atoms with Gasteiger partial charge in [0.05, 0.1) is 0 Å². The summed E-state index contributed by atoms with van der Waals surface area (Å²) in [5.41, 5.74) is 2.51. The van der Waals surface area contributed by atoms with E-state index in [2.05, 4.69) is 32.9 Å². The Morgan fingerprint density at radius 2 is 1.73 bits per heavy atom. The topological polar surface area (TPSA) is 18.5 Å². The number of benzene rings is 1. The third-order valence-electron chi connectivity index (χ3n) is 2.69. The SMILES string of the molecule is Cc1ccccc1B1OCC(C)(C)CO1. The highest BCUT2D eigenvalue weighted by atomic mass is 16.6. The predicted molar refractivity (Wildman–Crippen MR) is 62.3 cm³/mol. The molecule has 3 heteroatoms. The number of hydrogen-bond acceptors (Lipinski definition) is 2. The molecule has 1 aliphatic heterocycles. The minimum Gasteiger partial charge on any atom is -0.407 e. The molecular formula is C12H17BO2. The van der Waals surface area contributed by atoms with Crippen molar-refractivity contribution in [3.63, 3.8) is 0 Å². The first-order valence-electron chi connectivity index (χ1n) is 5.37. The van der Waals surface area contributed by atoms with Gasteiger partial charge in [-0.2, -0.15) is 0 Å². The molecule has 1 saturated heterocycles. The highest BCUT2D eigenvalue weighted by Crippen LogP contribution is 2.21. The summed E-state index contributed by atoms with van der Waals surface area (Å²) in [6.07, 6.45) is 0. The van der Waals surface area contributed by atoms with Gasteiger partial charge >= 0.3 is 7.12 Å². The van der Waals surface area contributed by atoms with Crippen molar-refractivity contribution in [2.45, 2.75) is 20.8 Å². The Morgan fingerprint density at radius 3 is 2.33 bits per heavy atom. The Kier molecular flexibility index (Phi) is 2.85. The molecule has 0 atom stereocenters. The number of aryl methyl sites for hydroxylation is 1. The molecule has 80 valence electrons. The molecule has 2 rings (SSSR count). The maximum atomic E-state index is 5.74. The van der Waals surface area contributed by atoms with Gasteiger partial charge < -0.3 is 9.31 Å². The molecular weight excluding hydrogens is 187 g/mol. The van der Waals surface area contributed by atoms with E-state index in [1.165, 1.54) is 5.56 Å². The average Bonchev–Trinajstić information content (AvgIpc) is 2.19. The van der Waals surface area contributed by atoms with E-state index in [0.717, 1.165) is 18.7 Å². The summed E-state index contributed by atoms with van der Waals surface area (Å²) in [4.78, 5) is 0. The van der Waals surface area contributed by atoms with Crippen molar-refractivity contribution >= 4 is 12.6 Å². The monoisotopic (exact) mass is 204 g/mol. The van der Waals surface area contributed by atoms with Crippen LogP contribution in [0.4, 0.5) is 0 Å². The minimum absolute atomic E-state index is 0.138. The van der Waals surface area contributed by atoms with Gasteiger partial charge in [-0.3, -0.25) is 0 Å². The molecule has 1 aromatic carbocycles. The molecule has 15 heavy (non-hydrogen) atoms. The van der Waals surface area contributed by atoms with Crippen LogP contribution in [0.1, 0.15) is 19.4 Å². The molecule has 1 heterocycles. The van der Waals surface area contributed by atoms with Crippen molar-refractivity contribution in [1.82, 2.24) is 0 Å². The summed E-state index contributed by atoms with van der Waals surface area (Å²) >= 11 is 0. The fraction of sp³-hybridized carbons (Fsp3) is 0.500. The number of rotatable bonds is 1. The lowest BCUT2D eigenvalue weighted by Gasteiger charge is -2.33. The average molecular weight is 204 g/mol. The van der Waals surface area contributed by atoms with Crippen molar-refractivity contribution in [3.8, 4) is 0 Å². The Bertz CT molecular complexity index is 339. The molecule has 0 saturated carbocycles. The van der Waals surface area contributed by atoms with Gasteiger partial charge in [0.2, 0.25) is 0 Å². The summed E-state index contributed by atoms with van der Waals surface area (Å²) in [7, 11) is -0.181. The third kappa shape index (κ3) is 2.41. The second-order valence-electron chi connectivity index (χ2n) is 4.97. The molecule has 1 aliphatic rings. The lowest BCUT2D eigenvalue weighted by atomic mass is 9.74. The largest absolute Gasteiger partial charge is 0.494 e. The molecule has 0 N–H and O–H groups in total. The highest BCUT2D eigenvalue weighted by Gasteiger charge is 2.33. The van der Waals surface area contributed by atoms with Gasteiger partial charge in [-0.05, 0) is 12.4 Å². The molecule has 1 fully saturated rings. The standard InChI is InChI=1S/C12H17BO2/c1-10-6-4-5-7-11(10)13-14-8-12(2,3)9-15-13/h4-7H,8-9H2,1-3H3. The molecule has 1 aromatic rings. The van der Waals surface area contributed by atoms with Gasteiger partial charge in [0.1, 0.15) is 0 Å². The van der Waals surface area contributed by atoms with Crippen LogP contribution in [0.15, 0.2) is 24.3 Å². The summed E-state index contributed by atoms with van der Waals surface area (Å²) in [5.74, 6) is 0. The van der Waals surface area contributed by atoms with Crippen molar-refractivity contribution in [2.24, 2.45) is 5.41 Å². The quantitative estimate of drug-likeness (QED) is 0.649. The maximum absolute atomic E-state index is 5.74. The zero-order valence-corrected chi connectivity index (χ0v) is 9.62. The third-order valence-corrected chi connectivity index (χ3v) is 2.69. The highest BCUT2D eigenvalue weighted by molar-refractivity contribution is 6.62. The molecule has 0 aliphatic carbocycles. The molecule has 0 amide bonds. The van der Waals surface area contributed by atoms with Crippen LogP contribution in [0.2, 0.25) is 0 Å². The van der Waals surface area contributed by atoms with Gasteiger partial charge in [-0.25, -0.2) is 0 Å². The first-order valence-corrected chi connectivity index (χ1v) is 5.37. The van der Waals surface area contributed by atoms with E-state index in [1.807, 2.05) is 12.1 Å².